The van der Waals surface area contributed by atoms with Crippen LogP contribution in [0.4, 0.5) is 0 Å². The maximum absolute atomic E-state index is 12.5. The van der Waals surface area contributed by atoms with Crippen molar-refractivity contribution < 1.29 is 9.59 Å². The molecule has 0 atom stereocenters. The summed E-state index contributed by atoms with van der Waals surface area (Å²) in [4.78, 5) is 29.0. The molecular formula is C22H27N3O2. The van der Waals surface area contributed by atoms with Crippen molar-refractivity contribution in [2.45, 2.75) is 51.0 Å². The van der Waals surface area contributed by atoms with E-state index in [9.17, 15) is 9.59 Å². The molecule has 1 fully saturated rings. The van der Waals surface area contributed by atoms with E-state index in [4.69, 9.17) is 0 Å². The van der Waals surface area contributed by atoms with Crippen LogP contribution >= 0.6 is 0 Å². The number of nitrogens with zero attached hydrogens (tertiary/aromatic N) is 1. The summed E-state index contributed by atoms with van der Waals surface area (Å²) in [5.41, 5.74) is 1.93. The first-order valence-electron chi connectivity index (χ1n) is 9.81. The van der Waals surface area contributed by atoms with E-state index in [1.54, 1.807) is 12.1 Å². The minimum Gasteiger partial charge on any atom is -0.350 e. The van der Waals surface area contributed by atoms with E-state index in [1.165, 1.54) is 24.6 Å². The van der Waals surface area contributed by atoms with Gasteiger partial charge >= 0.3 is 0 Å². The first-order chi connectivity index (χ1) is 13.2. The van der Waals surface area contributed by atoms with Gasteiger partial charge in [0, 0.05) is 24.3 Å². The Hall–Kier alpha value is -2.69. The normalized spacial score (nSPS) is 15.0. The Kier molecular flexibility index (Phi) is 6.97. The van der Waals surface area contributed by atoms with Crippen molar-refractivity contribution in [3.05, 3.63) is 65.5 Å². The van der Waals surface area contributed by atoms with Crippen LogP contribution in [0.3, 0.4) is 0 Å². The zero-order chi connectivity index (χ0) is 18.9. The van der Waals surface area contributed by atoms with E-state index in [1.807, 2.05) is 30.3 Å². The van der Waals surface area contributed by atoms with Gasteiger partial charge < -0.3 is 10.6 Å². The van der Waals surface area contributed by atoms with Crippen LogP contribution in [-0.2, 0) is 6.42 Å². The number of nitrogens with one attached hydrogen (secondary N) is 2. The predicted molar refractivity (Wildman–Crippen MR) is 106 cm³/mol. The van der Waals surface area contributed by atoms with Gasteiger partial charge in [-0.15, -0.1) is 0 Å². The van der Waals surface area contributed by atoms with Gasteiger partial charge in [0.15, 0.2) is 0 Å². The monoisotopic (exact) mass is 365 g/mol. The maximum atomic E-state index is 12.5. The van der Waals surface area contributed by atoms with E-state index in [0.29, 0.717) is 12.1 Å². The number of pyridine rings is 1. The predicted octanol–water partition coefficient (Wildman–Crippen LogP) is 3.51. The highest BCUT2D eigenvalue weighted by atomic mass is 16.2. The third-order valence-corrected chi connectivity index (χ3v) is 4.99. The Labute approximate surface area is 160 Å². The molecule has 3 rings (SSSR count). The molecule has 2 N–H and O–H groups in total. The van der Waals surface area contributed by atoms with E-state index >= 15 is 0 Å². The van der Waals surface area contributed by atoms with E-state index in [2.05, 4.69) is 15.6 Å². The quantitative estimate of drug-likeness (QED) is 0.770. The number of benzene rings is 1. The molecule has 2 amide bonds. The molecule has 0 spiro atoms. The van der Waals surface area contributed by atoms with Crippen LogP contribution in [0.2, 0.25) is 0 Å². The van der Waals surface area contributed by atoms with Gasteiger partial charge in [0.1, 0.15) is 5.69 Å². The summed E-state index contributed by atoms with van der Waals surface area (Å²) in [6, 6.07) is 13.5. The molecule has 1 heterocycles. The van der Waals surface area contributed by atoms with Crippen LogP contribution in [-0.4, -0.2) is 29.4 Å². The minimum atomic E-state index is -0.255. The lowest BCUT2D eigenvalue weighted by Gasteiger charge is -2.16. The Morgan fingerprint density at radius 3 is 2.44 bits per heavy atom. The molecule has 1 aromatic heterocycles. The summed E-state index contributed by atoms with van der Waals surface area (Å²) in [5, 5.41) is 5.98. The van der Waals surface area contributed by atoms with Gasteiger partial charge in [-0.2, -0.15) is 0 Å². The van der Waals surface area contributed by atoms with Gasteiger partial charge in [-0.1, -0.05) is 56.0 Å². The van der Waals surface area contributed by atoms with Crippen LogP contribution < -0.4 is 10.6 Å². The van der Waals surface area contributed by atoms with E-state index in [0.717, 1.165) is 32.1 Å². The lowest BCUT2D eigenvalue weighted by molar-refractivity contribution is 0.0933. The van der Waals surface area contributed by atoms with Gasteiger partial charge in [-0.25, -0.2) is 0 Å². The molecule has 0 unspecified atom stereocenters. The number of carbonyl (C=O) groups is 2. The second kappa shape index (κ2) is 9.86. The van der Waals surface area contributed by atoms with Crippen LogP contribution in [0.15, 0.2) is 48.7 Å². The van der Waals surface area contributed by atoms with Crippen LogP contribution in [0.25, 0.3) is 0 Å². The van der Waals surface area contributed by atoms with E-state index < -0.39 is 0 Å². The molecule has 0 bridgehead atoms. The summed E-state index contributed by atoms with van der Waals surface area (Å²) in [6.45, 7) is 0.531. The summed E-state index contributed by atoms with van der Waals surface area (Å²) in [7, 11) is 0. The highest BCUT2D eigenvalue weighted by Crippen LogP contribution is 2.17. The standard InChI is InChI=1S/C22H27N3O2/c26-21(25-19-10-6-1-2-7-11-19)18-13-15-23-20(16-18)22(27)24-14-12-17-8-4-3-5-9-17/h3-5,8-9,13,15-16,19H,1-2,6-7,10-12,14H2,(H,24,27)(H,25,26). The summed E-state index contributed by atoms with van der Waals surface area (Å²) >= 11 is 0. The maximum Gasteiger partial charge on any atom is 0.269 e. The van der Waals surface area contributed by atoms with Gasteiger partial charge in [0.25, 0.3) is 11.8 Å². The molecule has 5 heteroatoms. The number of hydrogen-bond donors (Lipinski definition) is 2. The molecule has 0 radical (unpaired) electrons. The Bertz CT molecular complexity index is 753. The molecule has 1 saturated carbocycles. The third kappa shape index (κ3) is 5.91. The second-order valence-electron chi connectivity index (χ2n) is 7.08. The van der Waals surface area contributed by atoms with Crippen molar-refractivity contribution in [2.75, 3.05) is 6.54 Å². The average Bonchev–Trinajstić information content (AvgIpc) is 2.97. The van der Waals surface area contributed by atoms with Crippen molar-refractivity contribution in [1.29, 1.82) is 0 Å². The highest BCUT2D eigenvalue weighted by molar-refractivity contribution is 5.98. The fourth-order valence-corrected chi connectivity index (χ4v) is 3.44. The van der Waals surface area contributed by atoms with Crippen molar-refractivity contribution in [3.8, 4) is 0 Å². The first-order valence-corrected chi connectivity index (χ1v) is 9.81. The highest BCUT2D eigenvalue weighted by Gasteiger charge is 2.17. The average molecular weight is 365 g/mol. The summed E-state index contributed by atoms with van der Waals surface area (Å²) in [5.74, 6) is -0.377. The van der Waals surface area contributed by atoms with Gasteiger partial charge in [-0.05, 0) is 37.0 Å². The molecule has 0 saturated heterocycles. The Morgan fingerprint density at radius 1 is 0.963 bits per heavy atom. The summed E-state index contributed by atoms with van der Waals surface area (Å²) in [6.07, 6.45) is 9.16. The molecule has 2 aromatic rings. The third-order valence-electron chi connectivity index (χ3n) is 4.99. The number of rotatable bonds is 6. The Balaban J connectivity index is 1.54. The lowest BCUT2D eigenvalue weighted by Crippen LogP contribution is -2.34. The molecule has 142 valence electrons. The van der Waals surface area contributed by atoms with Crippen molar-refractivity contribution in [2.24, 2.45) is 0 Å². The van der Waals surface area contributed by atoms with Gasteiger partial charge in [0.05, 0.1) is 0 Å². The zero-order valence-corrected chi connectivity index (χ0v) is 15.6. The van der Waals surface area contributed by atoms with Crippen LogP contribution in [0, 0.1) is 0 Å². The molecule has 27 heavy (non-hydrogen) atoms. The molecule has 0 aliphatic heterocycles. The largest absolute Gasteiger partial charge is 0.350 e. The zero-order valence-electron chi connectivity index (χ0n) is 15.6. The number of amides is 2. The molecule has 1 aromatic carbocycles. The molecular weight excluding hydrogens is 338 g/mol. The topological polar surface area (TPSA) is 71.1 Å². The fraction of sp³-hybridized carbons (Fsp3) is 0.409. The number of aromatic nitrogens is 1. The molecule has 5 nitrogen and oxygen atoms in total. The minimum absolute atomic E-state index is 0.123. The second-order valence-corrected chi connectivity index (χ2v) is 7.08. The number of carbonyl (C=O) groups excluding carboxylic acids is 2. The fourth-order valence-electron chi connectivity index (χ4n) is 3.44. The van der Waals surface area contributed by atoms with Crippen molar-refractivity contribution in [3.63, 3.8) is 0 Å². The Morgan fingerprint density at radius 2 is 1.70 bits per heavy atom. The van der Waals surface area contributed by atoms with Gasteiger partial charge in [-0.3, -0.25) is 14.6 Å². The lowest BCUT2D eigenvalue weighted by atomic mass is 10.1. The van der Waals surface area contributed by atoms with Gasteiger partial charge in [0.2, 0.25) is 0 Å². The van der Waals surface area contributed by atoms with Crippen LogP contribution in [0.5, 0.6) is 0 Å². The number of hydrogen-bond acceptors (Lipinski definition) is 3. The smallest absolute Gasteiger partial charge is 0.269 e. The summed E-state index contributed by atoms with van der Waals surface area (Å²) < 4.78 is 0. The SMILES string of the molecule is O=C(NC1CCCCCC1)c1ccnc(C(=O)NCCc2ccccc2)c1. The molecule has 1 aliphatic carbocycles. The van der Waals surface area contributed by atoms with Crippen molar-refractivity contribution >= 4 is 11.8 Å². The van der Waals surface area contributed by atoms with Crippen LogP contribution in [0.1, 0.15) is 64.9 Å². The first kappa shape index (κ1) is 19.1. The van der Waals surface area contributed by atoms with Crippen molar-refractivity contribution in [1.82, 2.24) is 15.6 Å². The van der Waals surface area contributed by atoms with E-state index in [-0.39, 0.29) is 23.6 Å². The molecule has 1 aliphatic rings.